The lowest BCUT2D eigenvalue weighted by Crippen LogP contribution is -2.44. The van der Waals surface area contributed by atoms with Crippen LogP contribution in [0, 0.1) is 5.41 Å². The van der Waals surface area contributed by atoms with E-state index in [1.54, 1.807) is 13.3 Å². The first-order valence-corrected chi connectivity index (χ1v) is 7.86. The summed E-state index contributed by atoms with van der Waals surface area (Å²) < 4.78 is 5.30. The highest BCUT2D eigenvalue weighted by atomic mass is 127. The minimum atomic E-state index is 0. The zero-order valence-corrected chi connectivity index (χ0v) is 15.6. The van der Waals surface area contributed by atoms with E-state index < -0.39 is 0 Å². The molecule has 1 aromatic heterocycles. The minimum absolute atomic E-state index is 0. The lowest BCUT2D eigenvalue weighted by atomic mass is 9.72. The number of hydrogen-bond donors (Lipinski definition) is 3. The Labute approximate surface area is 150 Å². The number of rotatable bonds is 6. The number of nitrogens with zero attached hydrogens (tertiary/aromatic N) is 1. The second-order valence-corrected chi connectivity index (χ2v) is 5.89. The van der Waals surface area contributed by atoms with Crippen LogP contribution in [0.2, 0.25) is 0 Å². The highest BCUT2D eigenvalue weighted by molar-refractivity contribution is 14.0. The molecule has 22 heavy (non-hydrogen) atoms. The molecule has 6 heteroatoms. The summed E-state index contributed by atoms with van der Waals surface area (Å²) in [5.74, 6) is 1.68. The molecular formula is C16H28IN3O2. The first-order valence-electron chi connectivity index (χ1n) is 7.86. The van der Waals surface area contributed by atoms with Crippen LogP contribution in [-0.4, -0.2) is 31.3 Å². The van der Waals surface area contributed by atoms with Crippen molar-refractivity contribution in [3.8, 4) is 0 Å². The van der Waals surface area contributed by atoms with Crippen molar-refractivity contribution in [2.24, 2.45) is 10.4 Å². The smallest absolute Gasteiger partial charge is 0.191 e. The van der Waals surface area contributed by atoms with Crippen LogP contribution in [0.1, 0.15) is 44.3 Å². The molecule has 1 saturated carbocycles. The van der Waals surface area contributed by atoms with Gasteiger partial charge in [0.25, 0.3) is 0 Å². The Morgan fingerprint density at radius 1 is 1.32 bits per heavy atom. The maximum Gasteiger partial charge on any atom is 0.191 e. The van der Waals surface area contributed by atoms with Gasteiger partial charge in [0.05, 0.1) is 12.8 Å². The molecule has 1 fully saturated rings. The fourth-order valence-electron chi connectivity index (χ4n) is 3.13. The Morgan fingerprint density at radius 2 is 2.09 bits per heavy atom. The number of hydrogen-bond acceptors (Lipinski definition) is 3. The van der Waals surface area contributed by atoms with Gasteiger partial charge in [0, 0.05) is 20.2 Å². The van der Waals surface area contributed by atoms with Crippen molar-refractivity contribution in [3.05, 3.63) is 24.2 Å². The van der Waals surface area contributed by atoms with Crippen molar-refractivity contribution in [1.29, 1.82) is 0 Å². The van der Waals surface area contributed by atoms with Gasteiger partial charge >= 0.3 is 0 Å². The second-order valence-electron chi connectivity index (χ2n) is 5.89. The molecule has 1 aliphatic carbocycles. The molecule has 0 unspecified atom stereocenters. The molecule has 0 saturated heterocycles. The molecule has 0 bridgehead atoms. The molecule has 5 nitrogen and oxygen atoms in total. The average Bonchev–Trinajstić information content (AvgIpc) is 3.02. The number of aliphatic hydroxyl groups excluding tert-OH is 1. The summed E-state index contributed by atoms with van der Waals surface area (Å²) in [6, 6.07) is 3.82. The molecule has 2 rings (SSSR count). The number of halogens is 1. The van der Waals surface area contributed by atoms with Gasteiger partial charge in [-0.1, -0.05) is 19.3 Å². The molecule has 0 aromatic carbocycles. The molecule has 126 valence electrons. The van der Waals surface area contributed by atoms with Crippen LogP contribution in [-0.2, 0) is 6.54 Å². The molecule has 1 heterocycles. The standard InChI is InChI=1S/C16H27N3O2.HI/c1-17-15(18-12-14-6-5-11-21-14)19-13-16(9-10-20)7-3-2-4-8-16;/h5-6,11,20H,2-4,7-10,12-13H2,1H3,(H2,17,18,19);1H. The highest BCUT2D eigenvalue weighted by Gasteiger charge is 2.31. The summed E-state index contributed by atoms with van der Waals surface area (Å²) in [7, 11) is 1.77. The lowest BCUT2D eigenvalue weighted by molar-refractivity contribution is 0.131. The van der Waals surface area contributed by atoms with Gasteiger partial charge in [-0.15, -0.1) is 24.0 Å². The van der Waals surface area contributed by atoms with Crippen LogP contribution >= 0.6 is 24.0 Å². The van der Waals surface area contributed by atoms with Crippen LogP contribution < -0.4 is 10.6 Å². The fraction of sp³-hybridized carbons (Fsp3) is 0.688. The number of nitrogens with one attached hydrogen (secondary N) is 2. The van der Waals surface area contributed by atoms with E-state index in [9.17, 15) is 5.11 Å². The molecule has 0 atom stereocenters. The SMILES string of the molecule is CN=C(NCc1ccco1)NCC1(CCO)CCCCC1.I. The Balaban J connectivity index is 0.00000242. The number of guanidine groups is 1. The van der Waals surface area contributed by atoms with Crippen molar-refractivity contribution in [3.63, 3.8) is 0 Å². The van der Waals surface area contributed by atoms with E-state index in [4.69, 9.17) is 4.42 Å². The molecule has 1 aliphatic rings. The predicted octanol–water partition coefficient (Wildman–Crippen LogP) is 2.90. The Bertz CT molecular complexity index is 423. The molecule has 3 N–H and O–H groups in total. The van der Waals surface area contributed by atoms with Gasteiger partial charge in [-0.2, -0.15) is 0 Å². The van der Waals surface area contributed by atoms with Crippen LogP contribution in [0.5, 0.6) is 0 Å². The predicted molar refractivity (Wildman–Crippen MR) is 99.5 cm³/mol. The van der Waals surface area contributed by atoms with Crippen LogP contribution in [0.25, 0.3) is 0 Å². The third kappa shape index (κ3) is 5.79. The van der Waals surface area contributed by atoms with Gasteiger partial charge in [0.15, 0.2) is 5.96 Å². The number of aliphatic imine (C=N–C) groups is 1. The van der Waals surface area contributed by atoms with Crippen LogP contribution in [0.15, 0.2) is 27.8 Å². The maximum absolute atomic E-state index is 9.35. The van der Waals surface area contributed by atoms with Gasteiger partial charge in [-0.05, 0) is 36.8 Å². The molecule has 0 radical (unpaired) electrons. The van der Waals surface area contributed by atoms with Gasteiger partial charge in [0.1, 0.15) is 5.76 Å². The molecule has 0 aliphatic heterocycles. The zero-order chi connectivity index (χ0) is 15.0. The van der Waals surface area contributed by atoms with Crippen molar-refractivity contribution < 1.29 is 9.52 Å². The molecule has 0 spiro atoms. The highest BCUT2D eigenvalue weighted by Crippen LogP contribution is 2.38. The normalized spacial score (nSPS) is 17.6. The third-order valence-corrected chi connectivity index (χ3v) is 4.42. The zero-order valence-electron chi connectivity index (χ0n) is 13.3. The molecular weight excluding hydrogens is 393 g/mol. The molecule has 0 amide bonds. The number of aliphatic hydroxyl groups is 1. The Morgan fingerprint density at radius 3 is 2.68 bits per heavy atom. The summed E-state index contributed by atoms with van der Waals surface area (Å²) in [6.07, 6.45) is 8.77. The summed E-state index contributed by atoms with van der Waals surface area (Å²) in [4.78, 5) is 4.25. The quantitative estimate of drug-likeness (QED) is 0.376. The minimum Gasteiger partial charge on any atom is -0.467 e. The largest absolute Gasteiger partial charge is 0.467 e. The Kier molecular flexibility index (Phi) is 8.85. The van der Waals surface area contributed by atoms with E-state index in [1.807, 2.05) is 12.1 Å². The van der Waals surface area contributed by atoms with Crippen molar-refractivity contribution in [2.75, 3.05) is 20.2 Å². The van der Waals surface area contributed by atoms with E-state index in [0.717, 1.165) is 24.7 Å². The third-order valence-electron chi connectivity index (χ3n) is 4.42. The van der Waals surface area contributed by atoms with Gasteiger partial charge in [-0.3, -0.25) is 4.99 Å². The van der Waals surface area contributed by atoms with Gasteiger partial charge in [-0.25, -0.2) is 0 Å². The molecule has 1 aromatic rings. The average molecular weight is 421 g/mol. The van der Waals surface area contributed by atoms with E-state index in [-0.39, 0.29) is 36.0 Å². The van der Waals surface area contributed by atoms with Crippen LogP contribution in [0.3, 0.4) is 0 Å². The van der Waals surface area contributed by atoms with E-state index in [0.29, 0.717) is 6.54 Å². The van der Waals surface area contributed by atoms with Crippen LogP contribution in [0.4, 0.5) is 0 Å². The maximum atomic E-state index is 9.35. The summed E-state index contributed by atoms with van der Waals surface area (Å²) in [5.41, 5.74) is 0.218. The Hall–Kier alpha value is -0.760. The van der Waals surface area contributed by atoms with Gasteiger partial charge in [0.2, 0.25) is 0 Å². The second kappa shape index (κ2) is 10.1. The van der Waals surface area contributed by atoms with Crippen molar-refractivity contribution >= 4 is 29.9 Å². The van der Waals surface area contributed by atoms with Gasteiger partial charge < -0.3 is 20.2 Å². The number of furan rings is 1. The topological polar surface area (TPSA) is 69.8 Å². The summed E-state index contributed by atoms with van der Waals surface area (Å²) in [5, 5.41) is 16.0. The first-order chi connectivity index (χ1) is 10.3. The monoisotopic (exact) mass is 421 g/mol. The summed E-state index contributed by atoms with van der Waals surface area (Å²) in [6.45, 7) is 1.76. The van der Waals surface area contributed by atoms with E-state index >= 15 is 0 Å². The first kappa shape index (κ1) is 19.3. The van der Waals surface area contributed by atoms with E-state index in [1.165, 1.54) is 32.1 Å². The summed E-state index contributed by atoms with van der Waals surface area (Å²) >= 11 is 0. The van der Waals surface area contributed by atoms with Crippen molar-refractivity contribution in [1.82, 2.24) is 10.6 Å². The van der Waals surface area contributed by atoms with Crippen molar-refractivity contribution in [2.45, 2.75) is 45.1 Å². The fourth-order valence-corrected chi connectivity index (χ4v) is 3.13. The lowest BCUT2D eigenvalue weighted by Gasteiger charge is -2.37. The van der Waals surface area contributed by atoms with E-state index in [2.05, 4.69) is 15.6 Å².